The van der Waals surface area contributed by atoms with Crippen molar-refractivity contribution in [2.75, 3.05) is 19.6 Å². The molecule has 2 rings (SSSR count). The number of nitrogens with zero attached hydrogens (tertiary/aromatic N) is 2. The second kappa shape index (κ2) is 8.29. The molecule has 1 fully saturated rings. The van der Waals surface area contributed by atoms with Crippen molar-refractivity contribution in [1.82, 2.24) is 10.2 Å². The molecule has 0 bridgehead atoms. The van der Waals surface area contributed by atoms with Crippen molar-refractivity contribution in [3.05, 3.63) is 47.4 Å². The van der Waals surface area contributed by atoms with Crippen LogP contribution >= 0.6 is 0 Å². The van der Waals surface area contributed by atoms with Crippen LogP contribution in [0.1, 0.15) is 18.4 Å². The summed E-state index contributed by atoms with van der Waals surface area (Å²) in [5.41, 5.74) is 1.18. The van der Waals surface area contributed by atoms with Crippen molar-refractivity contribution in [2.45, 2.75) is 25.5 Å². The molecule has 1 amide bonds. The molecule has 118 valence electrons. The maximum Gasteiger partial charge on any atom is 0.410 e. The second-order valence-corrected chi connectivity index (χ2v) is 5.23. The van der Waals surface area contributed by atoms with E-state index in [0.717, 1.165) is 31.5 Å². The van der Waals surface area contributed by atoms with E-state index in [1.807, 2.05) is 0 Å². The van der Waals surface area contributed by atoms with E-state index < -0.39 is 0 Å². The maximum absolute atomic E-state index is 12.3. The minimum absolute atomic E-state index is 0.177. The van der Waals surface area contributed by atoms with Gasteiger partial charge in [-0.2, -0.15) is 0 Å². The highest BCUT2D eigenvalue weighted by Crippen LogP contribution is 2.16. The molecule has 0 atom stereocenters. The first-order chi connectivity index (χ1) is 10.7. The van der Waals surface area contributed by atoms with Gasteiger partial charge in [0, 0.05) is 12.6 Å². The molecule has 1 heterocycles. The molecule has 22 heavy (non-hydrogen) atoms. The van der Waals surface area contributed by atoms with Gasteiger partial charge in [0.05, 0.1) is 0 Å². The number of hydrogen-bond donors (Lipinski definition) is 1. The molecular formula is C16H21N3O3. The van der Waals surface area contributed by atoms with Crippen molar-refractivity contribution in [3.8, 4) is 0 Å². The Morgan fingerprint density at radius 3 is 2.64 bits per heavy atom. The number of carbonyl (C=O) groups excluding carboxylic acids is 1. The second-order valence-electron chi connectivity index (χ2n) is 5.23. The molecule has 1 aromatic carbocycles. The molecule has 0 unspecified atom stereocenters. The van der Waals surface area contributed by atoms with Crippen molar-refractivity contribution in [1.29, 1.82) is 0 Å². The van der Waals surface area contributed by atoms with Crippen LogP contribution < -0.4 is 5.32 Å². The summed E-state index contributed by atoms with van der Waals surface area (Å²) >= 11 is 0. The van der Waals surface area contributed by atoms with Gasteiger partial charge in [-0.05, 0) is 48.8 Å². The lowest BCUT2D eigenvalue weighted by Crippen LogP contribution is -2.46. The monoisotopic (exact) mass is 303 g/mol. The number of nitrogens with one attached hydrogen (secondary N) is 1. The lowest BCUT2D eigenvalue weighted by Gasteiger charge is -2.33. The standard InChI is InChI=1S/C16H21N3O3/c1-2-11-19(15-7-9-17-10-8-15)16(20)22-12-13-3-5-14(18-21)6-4-13/h2-6,15,17H,1,7-12H2. The fourth-order valence-electron chi connectivity index (χ4n) is 2.51. The normalized spacial score (nSPS) is 15.1. The fraction of sp³-hybridized carbons (Fsp3) is 0.438. The molecule has 0 saturated carbocycles. The first-order valence-corrected chi connectivity index (χ1v) is 7.42. The number of benzene rings is 1. The van der Waals surface area contributed by atoms with Crippen molar-refractivity contribution < 1.29 is 9.53 Å². The van der Waals surface area contributed by atoms with Crippen LogP contribution in [-0.4, -0.2) is 36.7 Å². The van der Waals surface area contributed by atoms with Gasteiger partial charge in [0.15, 0.2) is 0 Å². The van der Waals surface area contributed by atoms with Crippen LogP contribution in [0.2, 0.25) is 0 Å². The molecule has 0 aliphatic carbocycles. The minimum Gasteiger partial charge on any atom is -0.445 e. The Kier molecular flexibility index (Phi) is 6.09. The molecule has 1 aromatic rings. The zero-order valence-electron chi connectivity index (χ0n) is 12.5. The highest BCUT2D eigenvalue weighted by atomic mass is 16.6. The van der Waals surface area contributed by atoms with Crippen LogP contribution in [0.15, 0.2) is 42.1 Å². The minimum atomic E-state index is -0.329. The van der Waals surface area contributed by atoms with E-state index in [4.69, 9.17) is 4.74 Å². The smallest absolute Gasteiger partial charge is 0.410 e. The number of hydrogen-bond acceptors (Lipinski definition) is 5. The summed E-state index contributed by atoms with van der Waals surface area (Å²) in [6.45, 7) is 6.19. The van der Waals surface area contributed by atoms with Crippen molar-refractivity contribution in [3.63, 3.8) is 0 Å². The average Bonchev–Trinajstić information content (AvgIpc) is 2.58. The predicted molar refractivity (Wildman–Crippen MR) is 84.9 cm³/mol. The number of nitroso groups, excluding NO2 is 1. The lowest BCUT2D eigenvalue weighted by atomic mass is 10.1. The van der Waals surface area contributed by atoms with Crippen LogP contribution in [0.3, 0.4) is 0 Å². The third-order valence-electron chi connectivity index (χ3n) is 3.71. The largest absolute Gasteiger partial charge is 0.445 e. The molecule has 6 heteroatoms. The first-order valence-electron chi connectivity index (χ1n) is 7.42. The topological polar surface area (TPSA) is 71.0 Å². The number of carbonyl (C=O) groups is 1. The number of piperidine rings is 1. The van der Waals surface area contributed by atoms with E-state index in [2.05, 4.69) is 17.1 Å². The molecule has 1 aliphatic rings. The van der Waals surface area contributed by atoms with Crippen LogP contribution in [0.5, 0.6) is 0 Å². The van der Waals surface area contributed by atoms with Gasteiger partial charge in [-0.25, -0.2) is 4.79 Å². The summed E-state index contributed by atoms with van der Waals surface area (Å²) in [4.78, 5) is 24.4. The zero-order valence-corrected chi connectivity index (χ0v) is 12.5. The summed E-state index contributed by atoms with van der Waals surface area (Å²) in [6.07, 6.45) is 3.23. The third-order valence-corrected chi connectivity index (χ3v) is 3.71. The van der Waals surface area contributed by atoms with Crippen molar-refractivity contribution in [2.24, 2.45) is 5.18 Å². The number of amides is 1. The van der Waals surface area contributed by atoms with Crippen LogP contribution in [0.4, 0.5) is 10.5 Å². The molecule has 6 nitrogen and oxygen atoms in total. The van der Waals surface area contributed by atoms with Crippen molar-refractivity contribution >= 4 is 11.8 Å². The Bertz CT molecular complexity index is 510. The predicted octanol–water partition coefficient (Wildman–Crippen LogP) is 2.96. The Balaban J connectivity index is 1.91. The zero-order chi connectivity index (χ0) is 15.8. The van der Waals surface area contributed by atoms with E-state index in [1.54, 1.807) is 35.2 Å². The van der Waals surface area contributed by atoms with Gasteiger partial charge in [0.25, 0.3) is 0 Å². The first kappa shape index (κ1) is 16.2. The average molecular weight is 303 g/mol. The van der Waals surface area contributed by atoms with Gasteiger partial charge in [0.1, 0.15) is 12.3 Å². The molecule has 1 N–H and O–H groups in total. The van der Waals surface area contributed by atoms with E-state index in [9.17, 15) is 9.70 Å². The summed E-state index contributed by atoms with van der Waals surface area (Å²) < 4.78 is 5.38. The van der Waals surface area contributed by atoms with Crippen LogP contribution in [-0.2, 0) is 11.3 Å². The number of ether oxygens (including phenoxy) is 1. The highest BCUT2D eigenvalue weighted by Gasteiger charge is 2.25. The molecule has 0 spiro atoms. The highest BCUT2D eigenvalue weighted by molar-refractivity contribution is 5.68. The van der Waals surface area contributed by atoms with Crippen LogP contribution in [0, 0.1) is 4.91 Å². The Labute approximate surface area is 130 Å². The quantitative estimate of drug-likeness (QED) is 0.648. The Hall–Kier alpha value is -2.21. The SMILES string of the molecule is C=CCN(C(=O)OCc1ccc(N=O)cc1)C1CCNCC1. The molecule has 1 saturated heterocycles. The maximum atomic E-state index is 12.3. The third kappa shape index (κ3) is 4.39. The molecule has 0 aromatic heterocycles. The molecule has 0 radical (unpaired) electrons. The van der Waals surface area contributed by atoms with Gasteiger partial charge in [-0.1, -0.05) is 18.2 Å². The lowest BCUT2D eigenvalue weighted by molar-refractivity contribution is 0.0787. The van der Waals surface area contributed by atoms with Gasteiger partial charge >= 0.3 is 6.09 Å². The summed E-state index contributed by atoms with van der Waals surface area (Å²) in [6, 6.07) is 6.85. The molecule has 1 aliphatic heterocycles. The van der Waals surface area contributed by atoms with Gasteiger partial charge in [0.2, 0.25) is 0 Å². The van der Waals surface area contributed by atoms with E-state index in [0.29, 0.717) is 12.2 Å². The van der Waals surface area contributed by atoms with Gasteiger partial charge < -0.3 is 15.0 Å². The van der Waals surface area contributed by atoms with E-state index in [1.165, 1.54) is 0 Å². The summed E-state index contributed by atoms with van der Waals surface area (Å²) in [5.74, 6) is 0. The van der Waals surface area contributed by atoms with Gasteiger partial charge in [-0.15, -0.1) is 11.5 Å². The summed E-state index contributed by atoms with van der Waals surface area (Å²) in [7, 11) is 0. The summed E-state index contributed by atoms with van der Waals surface area (Å²) in [5, 5.41) is 6.12. The van der Waals surface area contributed by atoms with E-state index >= 15 is 0 Å². The van der Waals surface area contributed by atoms with Crippen LogP contribution in [0.25, 0.3) is 0 Å². The van der Waals surface area contributed by atoms with E-state index in [-0.39, 0.29) is 18.7 Å². The fourth-order valence-corrected chi connectivity index (χ4v) is 2.51. The molecular weight excluding hydrogens is 282 g/mol. The Morgan fingerprint density at radius 1 is 1.36 bits per heavy atom. The number of rotatable bonds is 6. The Morgan fingerprint density at radius 2 is 2.05 bits per heavy atom. The van der Waals surface area contributed by atoms with Gasteiger partial charge in [-0.3, -0.25) is 0 Å².